The molecule has 0 amide bonds. The fourth-order valence-corrected chi connectivity index (χ4v) is 2.34. The van der Waals surface area contributed by atoms with Gasteiger partial charge in [0.2, 0.25) is 0 Å². The molecule has 1 atom stereocenters. The third kappa shape index (κ3) is 3.63. The molecule has 0 saturated heterocycles. The highest BCUT2D eigenvalue weighted by Crippen LogP contribution is 2.23. The van der Waals surface area contributed by atoms with Gasteiger partial charge in [-0.1, -0.05) is 23.7 Å². The number of halogens is 1. The van der Waals surface area contributed by atoms with E-state index in [4.69, 9.17) is 16.0 Å². The van der Waals surface area contributed by atoms with Crippen molar-refractivity contribution in [3.63, 3.8) is 0 Å². The minimum Gasteiger partial charge on any atom is -0.468 e. The van der Waals surface area contributed by atoms with Crippen molar-refractivity contribution in [2.45, 2.75) is 26.1 Å². The summed E-state index contributed by atoms with van der Waals surface area (Å²) in [6.07, 6.45) is 1.75. The van der Waals surface area contributed by atoms with Crippen molar-refractivity contribution in [2.24, 2.45) is 0 Å². The van der Waals surface area contributed by atoms with Crippen LogP contribution in [0.5, 0.6) is 0 Å². The molecule has 0 spiro atoms. The fraction of sp³-hybridized carbons (Fsp3) is 0.375. The summed E-state index contributed by atoms with van der Waals surface area (Å²) in [6, 6.07) is 10.3. The molecule has 0 aliphatic carbocycles. The topological polar surface area (TPSA) is 28.4 Å². The van der Waals surface area contributed by atoms with E-state index < -0.39 is 0 Å². The summed E-state index contributed by atoms with van der Waals surface area (Å²) in [5.74, 6) is 1.02. The molecule has 0 aliphatic rings. The molecular weight excluding hydrogens is 272 g/mol. The van der Waals surface area contributed by atoms with Gasteiger partial charge in [-0.15, -0.1) is 0 Å². The summed E-state index contributed by atoms with van der Waals surface area (Å²) >= 11 is 5.93. The molecule has 108 valence electrons. The van der Waals surface area contributed by atoms with Gasteiger partial charge in [0.25, 0.3) is 0 Å². The van der Waals surface area contributed by atoms with Gasteiger partial charge in [0.1, 0.15) is 5.76 Å². The van der Waals surface area contributed by atoms with E-state index >= 15 is 0 Å². The van der Waals surface area contributed by atoms with Crippen LogP contribution in [0, 0.1) is 0 Å². The van der Waals surface area contributed by atoms with E-state index in [1.807, 2.05) is 25.2 Å². The maximum atomic E-state index is 5.93. The molecule has 1 N–H and O–H groups in total. The number of rotatable bonds is 6. The molecule has 0 aliphatic heterocycles. The van der Waals surface area contributed by atoms with Crippen LogP contribution in [-0.4, -0.2) is 19.0 Å². The molecule has 0 fully saturated rings. The van der Waals surface area contributed by atoms with Crippen molar-refractivity contribution in [3.8, 4) is 0 Å². The summed E-state index contributed by atoms with van der Waals surface area (Å²) in [5, 5.41) is 3.93. The highest BCUT2D eigenvalue weighted by atomic mass is 35.5. The maximum Gasteiger partial charge on any atom is 0.122 e. The first-order chi connectivity index (χ1) is 9.61. The molecule has 3 nitrogen and oxygen atoms in total. The monoisotopic (exact) mass is 292 g/mol. The largest absolute Gasteiger partial charge is 0.468 e. The Hall–Kier alpha value is -1.29. The van der Waals surface area contributed by atoms with Crippen LogP contribution >= 0.6 is 11.6 Å². The van der Waals surface area contributed by atoms with Crippen molar-refractivity contribution >= 4 is 11.6 Å². The molecule has 0 saturated carbocycles. The Kier molecular flexibility index (Phi) is 5.24. The van der Waals surface area contributed by atoms with Gasteiger partial charge in [0.05, 0.1) is 12.8 Å². The summed E-state index contributed by atoms with van der Waals surface area (Å²) in [4.78, 5) is 2.27. The minimum absolute atomic E-state index is 0.305. The van der Waals surface area contributed by atoms with E-state index in [-0.39, 0.29) is 0 Å². The lowest BCUT2D eigenvalue weighted by atomic mass is 10.1. The third-order valence-corrected chi connectivity index (χ3v) is 3.86. The second-order valence-corrected chi connectivity index (χ2v) is 5.48. The Labute approximate surface area is 125 Å². The van der Waals surface area contributed by atoms with E-state index in [9.17, 15) is 0 Å². The molecule has 1 unspecified atom stereocenters. The number of nitrogens with zero attached hydrogens (tertiary/aromatic N) is 1. The molecule has 1 aromatic heterocycles. The summed E-state index contributed by atoms with van der Waals surface area (Å²) in [5.41, 5.74) is 2.46. The summed E-state index contributed by atoms with van der Waals surface area (Å²) < 4.78 is 5.59. The average Bonchev–Trinajstić information content (AvgIpc) is 2.86. The van der Waals surface area contributed by atoms with Crippen LogP contribution in [0.3, 0.4) is 0 Å². The van der Waals surface area contributed by atoms with E-state index in [1.165, 1.54) is 11.1 Å². The highest BCUT2D eigenvalue weighted by molar-refractivity contribution is 6.30. The van der Waals surface area contributed by atoms with Crippen LogP contribution in [0.4, 0.5) is 0 Å². The molecular formula is C16H21ClN2O. The van der Waals surface area contributed by atoms with E-state index in [2.05, 4.69) is 36.3 Å². The quantitative estimate of drug-likeness (QED) is 0.877. The Morgan fingerprint density at radius 2 is 1.95 bits per heavy atom. The van der Waals surface area contributed by atoms with Gasteiger partial charge in [-0.2, -0.15) is 0 Å². The molecule has 20 heavy (non-hydrogen) atoms. The first-order valence-electron chi connectivity index (χ1n) is 6.77. The molecule has 2 rings (SSSR count). The number of benzene rings is 1. The first-order valence-corrected chi connectivity index (χ1v) is 7.15. The van der Waals surface area contributed by atoms with Gasteiger partial charge in [-0.25, -0.2) is 0 Å². The van der Waals surface area contributed by atoms with Gasteiger partial charge in [-0.05, 0) is 44.8 Å². The molecule has 4 heteroatoms. The zero-order chi connectivity index (χ0) is 14.5. The lowest BCUT2D eigenvalue weighted by Gasteiger charge is -2.24. The van der Waals surface area contributed by atoms with Gasteiger partial charge < -0.3 is 9.73 Å². The van der Waals surface area contributed by atoms with Crippen LogP contribution in [0.1, 0.15) is 29.9 Å². The van der Waals surface area contributed by atoms with Crippen LogP contribution in [-0.2, 0) is 13.1 Å². The molecule has 1 aromatic carbocycles. The predicted molar refractivity (Wildman–Crippen MR) is 82.8 cm³/mol. The van der Waals surface area contributed by atoms with E-state index in [0.29, 0.717) is 6.04 Å². The second kappa shape index (κ2) is 6.93. The zero-order valence-electron chi connectivity index (χ0n) is 12.2. The Balaban J connectivity index is 2.05. The van der Waals surface area contributed by atoms with Crippen LogP contribution in [0.2, 0.25) is 5.02 Å². The minimum atomic E-state index is 0.305. The van der Waals surface area contributed by atoms with Crippen molar-refractivity contribution in [2.75, 3.05) is 14.1 Å². The predicted octanol–water partition coefficient (Wildman–Crippen LogP) is 3.85. The van der Waals surface area contributed by atoms with Crippen molar-refractivity contribution in [1.29, 1.82) is 0 Å². The second-order valence-electron chi connectivity index (χ2n) is 5.04. The number of hydrogen-bond acceptors (Lipinski definition) is 3. The molecule has 0 bridgehead atoms. The van der Waals surface area contributed by atoms with Gasteiger partial charge in [0.15, 0.2) is 0 Å². The van der Waals surface area contributed by atoms with Crippen LogP contribution in [0.15, 0.2) is 41.0 Å². The Morgan fingerprint density at radius 1 is 1.25 bits per heavy atom. The molecule has 2 aromatic rings. The zero-order valence-corrected chi connectivity index (χ0v) is 12.9. The molecule has 1 heterocycles. The lowest BCUT2D eigenvalue weighted by molar-refractivity contribution is 0.231. The van der Waals surface area contributed by atoms with Gasteiger partial charge in [0, 0.05) is 23.2 Å². The van der Waals surface area contributed by atoms with Gasteiger partial charge in [-0.3, -0.25) is 4.90 Å². The Bertz CT molecular complexity index is 536. The standard InChI is InChI=1S/C16H21ClN2O/c1-12(13-4-6-15(17)7-5-13)19(3)11-16-14(10-18-2)8-9-20-16/h4-9,12,18H,10-11H2,1-3H3. The highest BCUT2D eigenvalue weighted by Gasteiger charge is 2.15. The van der Waals surface area contributed by atoms with Crippen molar-refractivity contribution in [3.05, 3.63) is 58.5 Å². The van der Waals surface area contributed by atoms with E-state index in [1.54, 1.807) is 6.26 Å². The van der Waals surface area contributed by atoms with Crippen molar-refractivity contribution in [1.82, 2.24) is 10.2 Å². The van der Waals surface area contributed by atoms with Gasteiger partial charge >= 0.3 is 0 Å². The summed E-state index contributed by atoms with van der Waals surface area (Å²) in [6.45, 7) is 3.80. The SMILES string of the molecule is CNCc1ccoc1CN(C)C(C)c1ccc(Cl)cc1. The maximum absolute atomic E-state index is 5.93. The number of nitrogens with one attached hydrogen (secondary N) is 1. The first kappa shape index (κ1) is 15.1. The van der Waals surface area contributed by atoms with E-state index in [0.717, 1.165) is 23.9 Å². The lowest BCUT2D eigenvalue weighted by Crippen LogP contribution is -2.22. The number of furan rings is 1. The third-order valence-electron chi connectivity index (χ3n) is 3.61. The number of hydrogen-bond donors (Lipinski definition) is 1. The van der Waals surface area contributed by atoms with Crippen molar-refractivity contribution < 1.29 is 4.42 Å². The normalized spacial score (nSPS) is 12.8. The smallest absolute Gasteiger partial charge is 0.122 e. The molecule has 0 radical (unpaired) electrons. The summed E-state index contributed by atoms with van der Waals surface area (Å²) in [7, 11) is 4.04. The Morgan fingerprint density at radius 3 is 2.60 bits per heavy atom. The fourth-order valence-electron chi connectivity index (χ4n) is 2.21. The van der Waals surface area contributed by atoms with Crippen LogP contribution in [0.25, 0.3) is 0 Å². The average molecular weight is 293 g/mol. The van der Waals surface area contributed by atoms with Crippen LogP contribution < -0.4 is 5.32 Å².